The highest BCUT2D eigenvalue weighted by atomic mass is 35.5. The van der Waals surface area contributed by atoms with E-state index in [9.17, 15) is 4.79 Å². The average Bonchev–Trinajstić information content (AvgIpc) is 2.52. The van der Waals surface area contributed by atoms with Crippen LogP contribution in [0.4, 0.5) is 0 Å². The zero-order chi connectivity index (χ0) is 10.6. The van der Waals surface area contributed by atoms with Gasteiger partial charge in [0.25, 0.3) is 0 Å². The number of halogens is 1. The Balaban J connectivity index is 2.50. The second kappa shape index (κ2) is 5.49. The van der Waals surface area contributed by atoms with Crippen LogP contribution in [-0.2, 0) is 0 Å². The Hall–Kier alpha value is -0.380. The summed E-state index contributed by atoms with van der Waals surface area (Å²) in [6, 6.07) is 3.48. The molecule has 0 aliphatic rings. The largest absolute Gasteiger partial charge is 0.327 e. The first-order chi connectivity index (χ1) is 6.63. The van der Waals surface area contributed by atoms with Gasteiger partial charge in [-0.1, -0.05) is 24.9 Å². The lowest BCUT2D eigenvalue weighted by molar-refractivity contribution is 0.0977. The quantitative estimate of drug-likeness (QED) is 0.792. The number of carbonyl (C=O) groups is 1. The first kappa shape index (κ1) is 11.7. The van der Waals surface area contributed by atoms with Crippen LogP contribution < -0.4 is 5.73 Å². The zero-order valence-electron chi connectivity index (χ0n) is 8.13. The number of thiophene rings is 1. The van der Waals surface area contributed by atoms with Crippen molar-refractivity contribution >= 4 is 28.7 Å². The molecular weight excluding hydrogens is 218 g/mol. The Morgan fingerprint density at radius 3 is 2.86 bits per heavy atom. The molecule has 0 bridgehead atoms. The van der Waals surface area contributed by atoms with Crippen molar-refractivity contribution in [2.75, 3.05) is 0 Å². The molecule has 0 aliphatic carbocycles. The number of Topliss-reactive ketones (excluding diaryl/α,β-unsaturated/α-hetero) is 1. The number of carbonyl (C=O) groups excluding carboxylic acids is 1. The van der Waals surface area contributed by atoms with Crippen molar-refractivity contribution in [3.8, 4) is 0 Å². The fourth-order valence-electron chi connectivity index (χ4n) is 1.28. The Bertz CT molecular complexity index is 311. The van der Waals surface area contributed by atoms with Gasteiger partial charge in [-0.15, -0.1) is 11.3 Å². The second-order valence-corrected chi connectivity index (χ2v) is 4.99. The lowest BCUT2D eigenvalue weighted by Gasteiger charge is -2.07. The molecule has 1 aromatic heterocycles. The van der Waals surface area contributed by atoms with Crippen molar-refractivity contribution in [1.29, 1.82) is 0 Å². The van der Waals surface area contributed by atoms with Gasteiger partial charge in [-0.2, -0.15) is 0 Å². The van der Waals surface area contributed by atoms with E-state index in [0.717, 1.165) is 12.8 Å². The van der Waals surface area contributed by atoms with E-state index in [0.29, 0.717) is 15.6 Å². The maximum absolute atomic E-state index is 11.6. The normalized spacial score (nSPS) is 12.8. The van der Waals surface area contributed by atoms with Gasteiger partial charge in [0, 0.05) is 12.5 Å². The Kier molecular flexibility index (Phi) is 4.58. The molecule has 0 amide bonds. The molecule has 1 heterocycles. The fraction of sp³-hybridized carbons (Fsp3) is 0.500. The van der Waals surface area contributed by atoms with E-state index in [1.165, 1.54) is 11.3 Å². The molecule has 2 nitrogen and oxygen atoms in total. The van der Waals surface area contributed by atoms with Crippen LogP contribution in [0.5, 0.6) is 0 Å². The molecule has 1 atom stereocenters. The summed E-state index contributed by atoms with van der Waals surface area (Å²) in [4.78, 5) is 12.3. The van der Waals surface area contributed by atoms with E-state index in [2.05, 4.69) is 6.92 Å². The molecule has 78 valence electrons. The summed E-state index contributed by atoms with van der Waals surface area (Å²) in [6.45, 7) is 2.06. The van der Waals surface area contributed by atoms with Crippen LogP contribution in [0, 0.1) is 0 Å². The summed E-state index contributed by atoms with van der Waals surface area (Å²) in [7, 11) is 0. The lowest BCUT2D eigenvalue weighted by Crippen LogP contribution is -2.23. The van der Waals surface area contributed by atoms with E-state index in [4.69, 9.17) is 17.3 Å². The second-order valence-electron chi connectivity index (χ2n) is 3.28. The van der Waals surface area contributed by atoms with Crippen molar-refractivity contribution in [3.05, 3.63) is 21.3 Å². The van der Waals surface area contributed by atoms with Crippen LogP contribution in [0.25, 0.3) is 0 Å². The Morgan fingerprint density at radius 2 is 2.36 bits per heavy atom. The average molecular weight is 232 g/mol. The first-order valence-corrected chi connectivity index (χ1v) is 5.87. The number of rotatable bonds is 5. The number of ketones is 1. The van der Waals surface area contributed by atoms with Crippen LogP contribution in [0.2, 0.25) is 4.34 Å². The molecule has 0 spiro atoms. The number of hydrogen-bond donors (Lipinski definition) is 1. The van der Waals surface area contributed by atoms with Crippen molar-refractivity contribution < 1.29 is 4.79 Å². The summed E-state index contributed by atoms with van der Waals surface area (Å²) < 4.78 is 0.650. The van der Waals surface area contributed by atoms with Crippen molar-refractivity contribution in [2.45, 2.75) is 32.2 Å². The minimum atomic E-state index is -0.0200. The highest BCUT2D eigenvalue weighted by molar-refractivity contribution is 7.18. The smallest absolute Gasteiger partial charge is 0.174 e. The van der Waals surface area contributed by atoms with E-state index >= 15 is 0 Å². The molecule has 4 heteroatoms. The molecule has 0 saturated heterocycles. The standard InChI is InChI=1S/C10H14ClNOS/c1-2-3-7(12)6-8(13)9-4-5-10(11)14-9/h4-5,7H,2-3,6,12H2,1H3. The van der Waals surface area contributed by atoms with E-state index in [1.807, 2.05) is 0 Å². The van der Waals surface area contributed by atoms with Gasteiger partial charge in [-0.3, -0.25) is 4.79 Å². The molecule has 14 heavy (non-hydrogen) atoms. The topological polar surface area (TPSA) is 43.1 Å². The van der Waals surface area contributed by atoms with Crippen LogP contribution in [0.15, 0.2) is 12.1 Å². The number of hydrogen-bond acceptors (Lipinski definition) is 3. The molecule has 0 aromatic carbocycles. The molecule has 1 unspecified atom stereocenters. The van der Waals surface area contributed by atoms with Gasteiger partial charge in [-0.05, 0) is 18.6 Å². The molecule has 0 radical (unpaired) electrons. The molecule has 0 aliphatic heterocycles. The first-order valence-electron chi connectivity index (χ1n) is 4.67. The third-order valence-corrected chi connectivity index (χ3v) is 3.23. The highest BCUT2D eigenvalue weighted by Gasteiger charge is 2.12. The summed E-state index contributed by atoms with van der Waals surface area (Å²) in [5.41, 5.74) is 5.78. The van der Waals surface area contributed by atoms with Gasteiger partial charge in [0.15, 0.2) is 5.78 Å². The van der Waals surface area contributed by atoms with Gasteiger partial charge in [0.2, 0.25) is 0 Å². The minimum Gasteiger partial charge on any atom is -0.327 e. The van der Waals surface area contributed by atoms with E-state index < -0.39 is 0 Å². The Labute approximate surface area is 93.1 Å². The SMILES string of the molecule is CCCC(N)CC(=O)c1ccc(Cl)s1. The molecule has 0 saturated carbocycles. The van der Waals surface area contributed by atoms with Crippen LogP contribution >= 0.6 is 22.9 Å². The Morgan fingerprint density at radius 1 is 1.64 bits per heavy atom. The molecular formula is C10H14ClNOS. The zero-order valence-corrected chi connectivity index (χ0v) is 9.70. The third-order valence-electron chi connectivity index (χ3n) is 1.96. The lowest BCUT2D eigenvalue weighted by atomic mass is 10.1. The number of nitrogens with two attached hydrogens (primary N) is 1. The minimum absolute atomic E-state index is 0.0200. The highest BCUT2D eigenvalue weighted by Crippen LogP contribution is 2.23. The monoisotopic (exact) mass is 231 g/mol. The van der Waals surface area contributed by atoms with Crippen LogP contribution in [0.3, 0.4) is 0 Å². The maximum Gasteiger partial charge on any atom is 0.174 e. The summed E-state index contributed by atoms with van der Waals surface area (Å²) in [6.07, 6.45) is 2.33. The van der Waals surface area contributed by atoms with Crippen LogP contribution in [0.1, 0.15) is 35.9 Å². The van der Waals surface area contributed by atoms with Gasteiger partial charge < -0.3 is 5.73 Å². The summed E-state index contributed by atoms with van der Waals surface area (Å²) in [5.74, 6) is 0.0999. The van der Waals surface area contributed by atoms with Crippen molar-refractivity contribution in [3.63, 3.8) is 0 Å². The molecule has 1 aromatic rings. The fourth-order valence-corrected chi connectivity index (χ4v) is 2.27. The van der Waals surface area contributed by atoms with Gasteiger partial charge >= 0.3 is 0 Å². The predicted octanol–water partition coefficient (Wildman–Crippen LogP) is 3.10. The third kappa shape index (κ3) is 3.40. The van der Waals surface area contributed by atoms with Crippen molar-refractivity contribution in [2.24, 2.45) is 5.73 Å². The molecule has 0 fully saturated rings. The predicted molar refractivity (Wildman–Crippen MR) is 61.2 cm³/mol. The van der Waals surface area contributed by atoms with E-state index in [-0.39, 0.29) is 11.8 Å². The van der Waals surface area contributed by atoms with Gasteiger partial charge in [0.05, 0.1) is 9.21 Å². The maximum atomic E-state index is 11.6. The van der Waals surface area contributed by atoms with Crippen LogP contribution in [-0.4, -0.2) is 11.8 Å². The van der Waals surface area contributed by atoms with Crippen molar-refractivity contribution in [1.82, 2.24) is 0 Å². The summed E-state index contributed by atoms with van der Waals surface area (Å²) in [5, 5.41) is 0. The van der Waals surface area contributed by atoms with Gasteiger partial charge in [-0.25, -0.2) is 0 Å². The van der Waals surface area contributed by atoms with E-state index in [1.54, 1.807) is 12.1 Å². The van der Waals surface area contributed by atoms with Gasteiger partial charge in [0.1, 0.15) is 0 Å². The summed E-state index contributed by atoms with van der Waals surface area (Å²) >= 11 is 7.05. The molecule has 1 rings (SSSR count). The molecule has 2 N–H and O–H groups in total.